The van der Waals surface area contributed by atoms with E-state index >= 15 is 0 Å². The third-order valence-corrected chi connectivity index (χ3v) is 4.77. The van der Waals surface area contributed by atoms with Crippen molar-refractivity contribution in [1.82, 2.24) is 5.32 Å². The minimum absolute atomic E-state index is 1.02. The number of hydrogen-bond donors (Lipinski definition) is 1. The van der Waals surface area contributed by atoms with E-state index in [1.807, 2.05) is 0 Å². The molecule has 16 heavy (non-hydrogen) atoms. The van der Waals surface area contributed by atoms with Crippen LogP contribution in [-0.4, -0.2) is 13.1 Å². The Balaban J connectivity index is 1.61. The smallest absolute Gasteiger partial charge is 0.00179 e. The van der Waals surface area contributed by atoms with E-state index in [2.05, 4.69) is 12.2 Å². The predicted molar refractivity (Wildman–Crippen MR) is 70.6 cm³/mol. The highest BCUT2D eigenvalue weighted by Crippen LogP contribution is 2.41. The first-order valence-corrected chi connectivity index (χ1v) is 7.61. The van der Waals surface area contributed by atoms with Gasteiger partial charge in [0.15, 0.2) is 0 Å². The summed E-state index contributed by atoms with van der Waals surface area (Å²) in [7, 11) is 0. The summed E-state index contributed by atoms with van der Waals surface area (Å²) in [6.45, 7) is 4.77. The molecule has 0 spiro atoms. The highest BCUT2D eigenvalue weighted by molar-refractivity contribution is 4.84. The Hall–Kier alpha value is -0.0400. The average molecular weight is 223 g/mol. The molecule has 0 amide bonds. The fourth-order valence-electron chi connectivity index (χ4n) is 3.53. The van der Waals surface area contributed by atoms with E-state index in [1.165, 1.54) is 64.5 Å². The molecule has 1 heteroatoms. The lowest BCUT2D eigenvalue weighted by atomic mass is 9.68. The molecule has 1 nitrogen and oxygen atoms in total. The third-order valence-electron chi connectivity index (χ3n) is 4.77. The van der Waals surface area contributed by atoms with Crippen LogP contribution in [0.5, 0.6) is 0 Å². The van der Waals surface area contributed by atoms with E-state index in [0.717, 1.165) is 17.8 Å². The molecule has 2 rings (SSSR count). The Bertz CT molecular complexity index is 184. The Morgan fingerprint density at radius 3 is 2.31 bits per heavy atom. The van der Waals surface area contributed by atoms with Crippen LogP contribution in [0.2, 0.25) is 0 Å². The van der Waals surface area contributed by atoms with E-state index < -0.39 is 0 Å². The molecule has 0 bridgehead atoms. The second kappa shape index (κ2) is 6.64. The van der Waals surface area contributed by atoms with Crippen LogP contribution in [-0.2, 0) is 0 Å². The number of rotatable bonds is 6. The lowest BCUT2D eigenvalue weighted by molar-refractivity contribution is 0.125. The van der Waals surface area contributed by atoms with Gasteiger partial charge in [-0.1, -0.05) is 39.0 Å². The largest absolute Gasteiger partial charge is 0.316 e. The van der Waals surface area contributed by atoms with Crippen molar-refractivity contribution >= 4 is 0 Å². The maximum Gasteiger partial charge on any atom is -0.00179 e. The molecular weight excluding hydrogens is 194 g/mol. The molecule has 0 aromatic rings. The molecule has 0 aliphatic heterocycles. The van der Waals surface area contributed by atoms with Crippen LogP contribution in [0, 0.1) is 17.8 Å². The van der Waals surface area contributed by atoms with Gasteiger partial charge in [0.05, 0.1) is 0 Å². The highest BCUT2D eigenvalue weighted by atomic mass is 14.9. The van der Waals surface area contributed by atoms with Gasteiger partial charge in [0.2, 0.25) is 0 Å². The molecule has 0 aromatic carbocycles. The fourth-order valence-corrected chi connectivity index (χ4v) is 3.53. The molecule has 94 valence electrons. The van der Waals surface area contributed by atoms with Gasteiger partial charge in [-0.2, -0.15) is 0 Å². The fraction of sp³-hybridized carbons (Fsp3) is 1.00. The van der Waals surface area contributed by atoms with Gasteiger partial charge < -0.3 is 5.32 Å². The Labute approximate surface area is 101 Å². The van der Waals surface area contributed by atoms with E-state index in [9.17, 15) is 0 Å². The molecule has 2 unspecified atom stereocenters. The van der Waals surface area contributed by atoms with Gasteiger partial charge in [-0.3, -0.25) is 0 Å². The summed E-state index contributed by atoms with van der Waals surface area (Å²) in [5.74, 6) is 3.19. The third kappa shape index (κ3) is 3.48. The van der Waals surface area contributed by atoms with Crippen LogP contribution >= 0.6 is 0 Å². The zero-order chi connectivity index (χ0) is 11.2. The van der Waals surface area contributed by atoms with Crippen molar-refractivity contribution in [3.63, 3.8) is 0 Å². The summed E-state index contributed by atoms with van der Waals surface area (Å²) < 4.78 is 0. The van der Waals surface area contributed by atoms with Crippen molar-refractivity contribution in [3.05, 3.63) is 0 Å². The SMILES string of the molecule is CCCNCC1CCC1CC1CCCCC1. The monoisotopic (exact) mass is 223 g/mol. The van der Waals surface area contributed by atoms with Crippen molar-refractivity contribution in [3.8, 4) is 0 Å². The van der Waals surface area contributed by atoms with Gasteiger partial charge in [-0.05, 0) is 56.5 Å². The van der Waals surface area contributed by atoms with Gasteiger partial charge in [-0.15, -0.1) is 0 Å². The molecule has 0 radical (unpaired) electrons. The molecule has 2 saturated carbocycles. The first-order valence-electron chi connectivity index (χ1n) is 7.61. The Kier molecular flexibility index (Phi) is 5.15. The van der Waals surface area contributed by atoms with Crippen LogP contribution in [0.1, 0.15) is 64.7 Å². The first kappa shape index (κ1) is 12.4. The average Bonchev–Trinajstić information content (AvgIpc) is 2.32. The maximum absolute atomic E-state index is 3.60. The molecule has 1 N–H and O–H groups in total. The minimum atomic E-state index is 1.02. The predicted octanol–water partition coefficient (Wildman–Crippen LogP) is 3.98. The normalized spacial score (nSPS) is 31.3. The van der Waals surface area contributed by atoms with Crippen LogP contribution in [0.15, 0.2) is 0 Å². The number of nitrogens with one attached hydrogen (secondary N) is 1. The van der Waals surface area contributed by atoms with E-state index in [0.29, 0.717) is 0 Å². The number of hydrogen-bond acceptors (Lipinski definition) is 1. The first-order chi connectivity index (χ1) is 7.90. The van der Waals surface area contributed by atoms with Crippen molar-refractivity contribution in [2.75, 3.05) is 13.1 Å². The Morgan fingerprint density at radius 2 is 1.69 bits per heavy atom. The van der Waals surface area contributed by atoms with Crippen molar-refractivity contribution in [2.24, 2.45) is 17.8 Å². The molecule has 2 aliphatic carbocycles. The molecule has 2 atom stereocenters. The summed E-state index contributed by atoms with van der Waals surface area (Å²) >= 11 is 0. The van der Waals surface area contributed by atoms with Gasteiger partial charge >= 0.3 is 0 Å². The van der Waals surface area contributed by atoms with Crippen molar-refractivity contribution in [1.29, 1.82) is 0 Å². The van der Waals surface area contributed by atoms with Gasteiger partial charge in [0, 0.05) is 0 Å². The van der Waals surface area contributed by atoms with Crippen LogP contribution in [0.25, 0.3) is 0 Å². The second-order valence-electron chi connectivity index (χ2n) is 6.04. The summed E-state index contributed by atoms with van der Waals surface area (Å²) in [5.41, 5.74) is 0. The summed E-state index contributed by atoms with van der Waals surface area (Å²) in [6, 6.07) is 0. The summed E-state index contributed by atoms with van der Waals surface area (Å²) in [4.78, 5) is 0. The van der Waals surface area contributed by atoms with E-state index in [1.54, 1.807) is 6.42 Å². The van der Waals surface area contributed by atoms with Crippen molar-refractivity contribution < 1.29 is 0 Å². The second-order valence-corrected chi connectivity index (χ2v) is 6.04. The van der Waals surface area contributed by atoms with Gasteiger partial charge in [0.1, 0.15) is 0 Å². The van der Waals surface area contributed by atoms with Gasteiger partial charge in [0.25, 0.3) is 0 Å². The highest BCUT2D eigenvalue weighted by Gasteiger charge is 2.32. The van der Waals surface area contributed by atoms with E-state index in [-0.39, 0.29) is 0 Å². The zero-order valence-corrected chi connectivity index (χ0v) is 11.0. The quantitative estimate of drug-likeness (QED) is 0.672. The molecule has 0 aromatic heterocycles. The summed E-state index contributed by atoms with van der Waals surface area (Å²) in [6.07, 6.45) is 13.4. The molecular formula is C15H29N. The van der Waals surface area contributed by atoms with Crippen LogP contribution in [0.3, 0.4) is 0 Å². The Morgan fingerprint density at radius 1 is 0.938 bits per heavy atom. The van der Waals surface area contributed by atoms with E-state index in [4.69, 9.17) is 0 Å². The standard InChI is InChI=1S/C15H29N/c1-2-10-16-12-15-9-8-14(15)11-13-6-4-3-5-7-13/h13-16H,2-12H2,1H3. The molecule has 0 heterocycles. The van der Waals surface area contributed by atoms with Crippen LogP contribution < -0.4 is 5.32 Å². The lowest BCUT2D eigenvalue weighted by Crippen LogP contribution is -2.36. The van der Waals surface area contributed by atoms with Crippen molar-refractivity contribution in [2.45, 2.75) is 64.7 Å². The molecule has 2 fully saturated rings. The molecule has 2 aliphatic rings. The summed E-state index contributed by atoms with van der Waals surface area (Å²) in [5, 5.41) is 3.60. The van der Waals surface area contributed by atoms with Gasteiger partial charge in [-0.25, -0.2) is 0 Å². The maximum atomic E-state index is 3.60. The minimum Gasteiger partial charge on any atom is -0.316 e. The topological polar surface area (TPSA) is 12.0 Å². The van der Waals surface area contributed by atoms with Crippen LogP contribution in [0.4, 0.5) is 0 Å². The zero-order valence-electron chi connectivity index (χ0n) is 11.0. The lowest BCUT2D eigenvalue weighted by Gasteiger charge is -2.40. The molecule has 0 saturated heterocycles.